The van der Waals surface area contributed by atoms with Gasteiger partial charge in [-0.05, 0) is 6.07 Å². The molecule has 2 N–H and O–H groups in total. The molecule has 0 spiro atoms. The summed E-state index contributed by atoms with van der Waals surface area (Å²) in [5, 5.41) is 3.74. The number of carbonyl (C=O) groups excluding carboxylic acids is 1. The second-order valence-electron chi connectivity index (χ2n) is 2.85. The third-order valence-electron chi connectivity index (χ3n) is 1.51. The topological polar surface area (TPSA) is 76.1 Å². The number of aromatic nitrogens is 2. The average molecular weight is 250 g/mol. The largest absolute Gasteiger partial charge is 0.467 e. The Bertz CT molecular complexity index is 397. The molecule has 0 aromatic carbocycles. The third kappa shape index (κ3) is 5.00. The summed E-state index contributed by atoms with van der Waals surface area (Å²) in [4.78, 5) is 18.4. The number of methoxy groups -OCH3 is 1. The van der Waals surface area contributed by atoms with Crippen LogP contribution in [0.3, 0.4) is 0 Å². The highest BCUT2D eigenvalue weighted by Crippen LogP contribution is 2.12. The van der Waals surface area contributed by atoms with E-state index in [-0.39, 0.29) is 11.8 Å². The first-order valence-corrected chi connectivity index (χ1v) is 4.39. The molecule has 0 saturated carbocycles. The summed E-state index contributed by atoms with van der Waals surface area (Å²) in [7, 11) is 1.32. The molecule has 0 aliphatic rings. The van der Waals surface area contributed by atoms with Crippen LogP contribution in [-0.4, -0.2) is 35.8 Å². The van der Waals surface area contributed by atoms with Gasteiger partial charge in [-0.25, -0.2) is 9.78 Å². The van der Waals surface area contributed by atoms with Gasteiger partial charge in [0.15, 0.2) is 0 Å². The minimum Gasteiger partial charge on any atom is -0.467 e. The number of anilines is 1. The summed E-state index contributed by atoms with van der Waals surface area (Å²) in [6.07, 6.45) is -3.16. The first-order chi connectivity index (χ1) is 7.90. The Labute approximate surface area is 94.2 Å². The number of nitrogens with one attached hydrogen (secondary N) is 2. The van der Waals surface area contributed by atoms with E-state index < -0.39 is 18.8 Å². The van der Waals surface area contributed by atoms with Crippen molar-refractivity contribution in [2.24, 2.45) is 0 Å². The van der Waals surface area contributed by atoms with Crippen molar-refractivity contribution in [2.75, 3.05) is 19.0 Å². The molecule has 0 aliphatic heterocycles. The van der Waals surface area contributed by atoms with Crippen LogP contribution in [0.4, 0.5) is 23.8 Å². The van der Waals surface area contributed by atoms with Crippen LogP contribution in [0.15, 0.2) is 12.3 Å². The van der Waals surface area contributed by atoms with Gasteiger partial charge in [0.1, 0.15) is 12.4 Å². The minimum absolute atomic E-state index is 0.00128. The molecule has 0 unspecified atom stereocenters. The molecule has 0 fully saturated rings. The fourth-order valence-corrected chi connectivity index (χ4v) is 0.850. The molecule has 0 radical (unpaired) electrons. The number of hydrogen-bond donors (Lipinski definition) is 2. The van der Waals surface area contributed by atoms with Gasteiger partial charge in [0.2, 0.25) is 0 Å². The van der Waals surface area contributed by atoms with E-state index in [1.807, 2.05) is 0 Å². The van der Waals surface area contributed by atoms with Crippen molar-refractivity contribution < 1.29 is 22.7 Å². The smallest absolute Gasteiger partial charge is 0.405 e. The molecule has 1 aromatic rings. The van der Waals surface area contributed by atoms with Gasteiger partial charge < -0.3 is 10.1 Å². The van der Waals surface area contributed by atoms with E-state index in [2.05, 4.69) is 20.0 Å². The van der Waals surface area contributed by atoms with Crippen molar-refractivity contribution in [1.29, 1.82) is 0 Å². The van der Waals surface area contributed by atoms with Crippen molar-refractivity contribution in [3.8, 4) is 6.01 Å². The molecule has 1 aromatic heterocycles. The third-order valence-corrected chi connectivity index (χ3v) is 1.51. The summed E-state index contributed by atoms with van der Waals surface area (Å²) in [6.45, 7) is -1.42. The van der Waals surface area contributed by atoms with Crippen LogP contribution in [0.2, 0.25) is 0 Å². The Balaban J connectivity index is 2.50. The van der Waals surface area contributed by atoms with E-state index in [4.69, 9.17) is 0 Å². The number of halogens is 3. The van der Waals surface area contributed by atoms with Gasteiger partial charge in [-0.1, -0.05) is 0 Å². The second kappa shape index (κ2) is 5.32. The summed E-state index contributed by atoms with van der Waals surface area (Å²) in [5.74, 6) is 0.0384. The Morgan fingerprint density at radius 1 is 1.53 bits per heavy atom. The molecule has 9 heteroatoms. The Hall–Kier alpha value is -2.06. The standard InChI is InChI=1S/C8H9F3N4O2/c1-17-7-12-3-2-5(15-7)14-6(16)13-4-8(9,10)11/h2-3H,4H2,1H3,(H2,12,13,14,15,16). The van der Waals surface area contributed by atoms with E-state index in [1.54, 1.807) is 5.32 Å². The zero-order chi connectivity index (χ0) is 12.9. The molecule has 0 aliphatic carbocycles. The van der Waals surface area contributed by atoms with E-state index in [1.165, 1.54) is 19.4 Å². The molecule has 0 atom stereocenters. The fourth-order valence-electron chi connectivity index (χ4n) is 0.850. The van der Waals surface area contributed by atoms with E-state index in [0.29, 0.717) is 0 Å². The summed E-state index contributed by atoms with van der Waals surface area (Å²) < 4.78 is 40.0. The SMILES string of the molecule is COc1nccc(NC(=O)NCC(F)(F)F)n1. The lowest BCUT2D eigenvalue weighted by molar-refractivity contribution is -0.122. The molecule has 0 saturated heterocycles. The molecular weight excluding hydrogens is 241 g/mol. The monoisotopic (exact) mass is 250 g/mol. The zero-order valence-electron chi connectivity index (χ0n) is 8.71. The van der Waals surface area contributed by atoms with Crippen LogP contribution in [-0.2, 0) is 0 Å². The predicted octanol–water partition coefficient (Wildman–Crippen LogP) is 1.17. The van der Waals surface area contributed by atoms with E-state index >= 15 is 0 Å². The highest BCUT2D eigenvalue weighted by Gasteiger charge is 2.27. The van der Waals surface area contributed by atoms with Crippen LogP contribution >= 0.6 is 0 Å². The van der Waals surface area contributed by atoms with Gasteiger partial charge >= 0.3 is 18.2 Å². The number of ether oxygens (including phenoxy) is 1. The quantitative estimate of drug-likeness (QED) is 0.844. The Morgan fingerprint density at radius 3 is 2.82 bits per heavy atom. The molecule has 6 nitrogen and oxygen atoms in total. The number of carbonyl (C=O) groups is 1. The molecule has 2 amide bonds. The minimum atomic E-state index is -4.46. The van der Waals surface area contributed by atoms with Gasteiger partial charge in [0.05, 0.1) is 7.11 Å². The number of rotatable bonds is 3. The summed E-state index contributed by atoms with van der Waals surface area (Å²) >= 11 is 0. The second-order valence-corrected chi connectivity index (χ2v) is 2.85. The van der Waals surface area contributed by atoms with Gasteiger partial charge in [-0.15, -0.1) is 0 Å². The highest BCUT2D eigenvalue weighted by atomic mass is 19.4. The maximum Gasteiger partial charge on any atom is 0.405 e. The van der Waals surface area contributed by atoms with Crippen molar-refractivity contribution in [2.45, 2.75) is 6.18 Å². The van der Waals surface area contributed by atoms with Crippen LogP contribution in [0.5, 0.6) is 6.01 Å². The Kier molecular flexibility index (Phi) is 4.07. The Morgan fingerprint density at radius 2 is 2.24 bits per heavy atom. The number of urea groups is 1. The molecular formula is C8H9F3N4O2. The number of nitrogens with zero attached hydrogens (tertiary/aromatic N) is 2. The maximum atomic E-state index is 11.8. The highest BCUT2D eigenvalue weighted by molar-refractivity contribution is 5.88. The lowest BCUT2D eigenvalue weighted by Gasteiger charge is -2.09. The van der Waals surface area contributed by atoms with E-state index in [0.717, 1.165) is 0 Å². The van der Waals surface area contributed by atoms with Gasteiger partial charge in [-0.3, -0.25) is 5.32 Å². The van der Waals surface area contributed by atoms with Crippen molar-refractivity contribution in [3.63, 3.8) is 0 Å². The zero-order valence-corrected chi connectivity index (χ0v) is 8.71. The molecule has 17 heavy (non-hydrogen) atoms. The molecule has 94 valence electrons. The lowest BCUT2D eigenvalue weighted by atomic mass is 10.5. The number of alkyl halides is 3. The van der Waals surface area contributed by atoms with Gasteiger partial charge in [0.25, 0.3) is 0 Å². The predicted molar refractivity (Wildman–Crippen MR) is 51.7 cm³/mol. The molecule has 0 bridgehead atoms. The fraction of sp³-hybridized carbons (Fsp3) is 0.375. The van der Waals surface area contributed by atoms with Gasteiger partial charge in [-0.2, -0.15) is 18.2 Å². The van der Waals surface area contributed by atoms with Crippen LogP contribution < -0.4 is 15.4 Å². The first-order valence-electron chi connectivity index (χ1n) is 4.39. The summed E-state index contributed by atoms with van der Waals surface area (Å²) in [5.41, 5.74) is 0. The van der Waals surface area contributed by atoms with Gasteiger partial charge in [0, 0.05) is 6.20 Å². The van der Waals surface area contributed by atoms with Crippen molar-refractivity contribution >= 4 is 11.8 Å². The van der Waals surface area contributed by atoms with E-state index in [9.17, 15) is 18.0 Å². The normalized spacial score (nSPS) is 10.8. The van der Waals surface area contributed by atoms with Crippen molar-refractivity contribution in [3.05, 3.63) is 12.3 Å². The number of amides is 2. The molecule has 1 heterocycles. The van der Waals surface area contributed by atoms with Crippen molar-refractivity contribution in [1.82, 2.24) is 15.3 Å². The maximum absolute atomic E-state index is 11.8. The molecule has 1 rings (SSSR count). The van der Waals surface area contributed by atoms with Crippen LogP contribution in [0.1, 0.15) is 0 Å². The first kappa shape index (κ1) is 13.0. The number of hydrogen-bond acceptors (Lipinski definition) is 4. The van der Waals surface area contributed by atoms with Crippen LogP contribution in [0, 0.1) is 0 Å². The van der Waals surface area contributed by atoms with Crippen LogP contribution in [0.25, 0.3) is 0 Å². The summed E-state index contributed by atoms with van der Waals surface area (Å²) in [6, 6.07) is 0.303. The average Bonchev–Trinajstić information content (AvgIpc) is 2.26. The lowest BCUT2D eigenvalue weighted by Crippen LogP contribution is -2.36.